The second-order valence-electron chi connectivity index (χ2n) is 6.51. The molecule has 1 amide bonds. The molecule has 1 aliphatic rings. The number of halogens is 2. The number of amides is 1. The molecule has 0 spiro atoms. The van der Waals surface area contributed by atoms with Gasteiger partial charge in [-0.25, -0.2) is 0 Å². The van der Waals surface area contributed by atoms with Crippen LogP contribution < -0.4 is 29.8 Å². The number of rotatable bonds is 3. The number of carbonyl (C=O) groups is 1. The summed E-state index contributed by atoms with van der Waals surface area (Å²) < 4.78 is 0. The topological polar surface area (TPSA) is 29.1 Å². The van der Waals surface area contributed by atoms with Crippen molar-refractivity contribution in [1.82, 2.24) is 4.98 Å². The summed E-state index contributed by atoms with van der Waals surface area (Å²) in [6, 6.07) is 9.48. The SMILES string of the molecule is CC1=C(C)C(C)C([Si](C)(C)NC(=O)c2ccccc2)=C1C.[Cl-].[Cl-].[Zr+2]. The van der Waals surface area contributed by atoms with Crippen LogP contribution in [-0.4, -0.2) is 14.1 Å². The summed E-state index contributed by atoms with van der Waals surface area (Å²) in [7, 11) is -1.99. The van der Waals surface area contributed by atoms with Crippen LogP contribution in [0.4, 0.5) is 0 Å². The van der Waals surface area contributed by atoms with Gasteiger partial charge in [-0.3, -0.25) is 4.79 Å². The van der Waals surface area contributed by atoms with Gasteiger partial charge < -0.3 is 29.8 Å². The molecule has 1 aromatic carbocycles. The van der Waals surface area contributed by atoms with Crippen molar-refractivity contribution in [1.29, 1.82) is 0 Å². The molecule has 1 aromatic rings. The molecule has 0 aliphatic heterocycles. The Bertz CT molecular complexity index is 642. The minimum Gasteiger partial charge on any atom is -1.00 e. The molecular formula is C18H25Cl2NOSiZr. The molecule has 1 aliphatic carbocycles. The molecule has 24 heavy (non-hydrogen) atoms. The average Bonchev–Trinajstić information content (AvgIpc) is 2.63. The van der Waals surface area contributed by atoms with Gasteiger partial charge >= 0.3 is 26.2 Å². The van der Waals surface area contributed by atoms with E-state index in [-0.39, 0.29) is 56.9 Å². The second-order valence-corrected chi connectivity index (χ2v) is 10.6. The largest absolute Gasteiger partial charge is 2.00 e. The predicted molar refractivity (Wildman–Crippen MR) is 91.6 cm³/mol. The van der Waals surface area contributed by atoms with Crippen molar-refractivity contribution < 1.29 is 55.8 Å². The summed E-state index contributed by atoms with van der Waals surface area (Å²) in [6.45, 7) is 13.3. The average molecular weight is 462 g/mol. The minimum atomic E-state index is -1.99. The number of allylic oxidation sites excluding steroid dienone is 4. The van der Waals surface area contributed by atoms with Crippen molar-refractivity contribution in [3.05, 3.63) is 57.8 Å². The molecule has 0 bridgehead atoms. The molecule has 0 heterocycles. The summed E-state index contributed by atoms with van der Waals surface area (Å²) in [5.41, 5.74) is 4.96. The monoisotopic (exact) mass is 459 g/mol. The normalized spacial score (nSPS) is 16.8. The van der Waals surface area contributed by atoms with Gasteiger partial charge in [-0.05, 0) is 57.5 Å². The summed E-state index contributed by atoms with van der Waals surface area (Å²) >= 11 is 0. The van der Waals surface area contributed by atoms with Gasteiger partial charge in [0, 0.05) is 5.56 Å². The van der Waals surface area contributed by atoms with E-state index in [0.717, 1.165) is 5.56 Å². The van der Waals surface area contributed by atoms with Crippen molar-refractivity contribution in [2.24, 2.45) is 5.92 Å². The molecule has 0 fully saturated rings. The molecular weight excluding hydrogens is 436 g/mol. The smallest absolute Gasteiger partial charge is 1.00 e. The maximum atomic E-state index is 12.5. The summed E-state index contributed by atoms with van der Waals surface area (Å²) in [4.78, 5) is 15.8. The minimum absolute atomic E-state index is 0. The molecule has 0 saturated heterocycles. The Labute approximate surface area is 178 Å². The van der Waals surface area contributed by atoms with Gasteiger partial charge in [0.05, 0.1) is 0 Å². The van der Waals surface area contributed by atoms with Crippen LogP contribution in [0.5, 0.6) is 0 Å². The van der Waals surface area contributed by atoms with Crippen molar-refractivity contribution in [3.63, 3.8) is 0 Å². The molecule has 0 saturated carbocycles. The Hall–Kier alpha value is -0.150. The number of hydrogen-bond donors (Lipinski definition) is 1. The Kier molecular flexibility index (Phi) is 11.0. The fourth-order valence-electron chi connectivity index (χ4n) is 3.39. The third-order valence-corrected chi connectivity index (χ3v) is 7.78. The maximum absolute atomic E-state index is 12.5. The van der Waals surface area contributed by atoms with Crippen LogP contribution in [0.1, 0.15) is 38.1 Å². The van der Waals surface area contributed by atoms with Gasteiger partial charge in [-0.2, -0.15) is 0 Å². The first-order valence-electron chi connectivity index (χ1n) is 7.52. The first kappa shape index (κ1) is 26.1. The predicted octanol–water partition coefficient (Wildman–Crippen LogP) is -1.53. The van der Waals surface area contributed by atoms with E-state index in [1.165, 1.54) is 21.9 Å². The molecule has 1 unspecified atom stereocenters. The fraction of sp³-hybridized carbons (Fsp3) is 0.389. The third kappa shape index (κ3) is 5.17. The van der Waals surface area contributed by atoms with Gasteiger partial charge in [0.15, 0.2) is 8.24 Å². The number of nitrogens with one attached hydrogen (secondary N) is 1. The van der Waals surface area contributed by atoms with Crippen LogP contribution in [0.15, 0.2) is 52.2 Å². The second kappa shape index (κ2) is 10.1. The third-order valence-electron chi connectivity index (χ3n) is 4.78. The molecule has 1 atom stereocenters. The Morgan fingerprint density at radius 1 is 1.00 bits per heavy atom. The van der Waals surface area contributed by atoms with E-state index in [0.29, 0.717) is 5.92 Å². The van der Waals surface area contributed by atoms with E-state index in [2.05, 4.69) is 45.8 Å². The van der Waals surface area contributed by atoms with Crippen LogP contribution in [0.2, 0.25) is 13.1 Å². The van der Waals surface area contributed by atoms with E-state index in [1.54, 1.807) is 0 Å². The van der Waals surface area contributed by atoms with Gasteiger partial charge in [-0.15, -0.1) is 0 Å². The van der Waals surface area contributed by atoms with Crippen LogP contribution in [0.25, 0.3) is 0 Å². The Balaban J connectivity index is 0. The molecule has 130 valence electrons. The molecule has 2 rings (SSSR count). The summed E-state index contributed by atoms with van der Waals surface area (Å²) in [5, 5.41) is 1.46. The molecule has 0 aromatic heterocycles. The first-order chi connectivity index (χ1) is 9.75. The van der Waals surface area contributed by atoms with Crippen LogP contribution in [-0.2, 0) is 26.2 Å². The van der Waals surface area contributed by atoms with E-state index < -0.39 is 8.24 Å². The quantitative estimate of drug-likeness (QED) is 0.544. The number of carbonyl (C=O) groups excluding carboxylic acids is 1. The zero-order valence-electron chi connectivity index (χ0n) is 15.1. The Morgan fingerprint density at radius 2 is 1.50 bits per heavy atom. The van der Waals surface area contributed by atoms with Crippen molar-refractivity contribution in [3.8, 4) is 0 Å². The summed E-state index contributed by atoms with van der Waals surface area (Å²) in [6.07, 6.45) is 0. The molecule has 6 heteroatoms. The van der Waals surface area contributed by atoms with Gasteiger partial charge in [-0.1, -0.05) is 41.5 Å². The Morgan fingerprint density at radius 3 is 1.92 bits per heavy atom. The molecule has 1 N–H and O–H groups in total. The van der Waals surface area contributed by atoms with E-state index >= 15 is 0 Å². The molecule has 0 radical (unpaired) electrons. The zero-order valence-corrected chi connectivity index (χ0v) is 20.1. The van der Waals surface area contributed by atoms with Gasteiger partial charge in [0.1, 0.15) is 0 Å². The first-order valence-corrected chi connectivity index (χ1v) is 10.5. The van der Waals surface area contributed by atoms with Gasteiger partial charge in [0.25, 0.3) is 0 Å². The number of hydrogen-bond acceptors (Lipinski definition) is 1. The maximum Gasteiger partial charge on any atom is 2.00 e. The summed E-state index contributed by atoms with van der Waals surface area (Å²) in [5.74, 6) is 0.490. The van der Waals surface area contributed by atoms with Crippen LogP contribution in [0, 0.1) is 5.92 Å². The van der Waals surface area contributed by atoms with Crippen LogP contribution in [0.3, 0.4) is 0 Å². The van der Waals surface area contributed by atoms with Gasteiger partial charge in [0.2, 0.25) is 5.91 Å². The molecule has 2 nitrogen and oxygen atoms in total. The van der Waals surface area contributed by atoms with Crippen molar-refractivity contribution >= 4 is 14.1 Å². The standard InChI is InChI=1S/C18H25NOSi.2ClH.Zr/c1-12-13(2)15(4)17(14(12)3)21(5,6)19-18(20)16-10-8-7-9-11-16;;;/h7-11,14H,1-6H3,(H,19,20);2*1H;/q;;;+2/p-2. The van der Waals surface area contributed by atoms with E-state index in [1.807, 2.05) is 30.3 Å². The van der Waals surface area contributed by atoms with Crippen molar-refractivity contribution in [2.75, 3.05) is 0 Å². The fourth-order valence-corrected chi connectivity index (χ4v) is 6.66. The number of benzene rings is 1. The van der Waals surface area contributed by atoms with Crippen LogP contribution >= 0.6 is 0 Å². The van der Waals surface area contributed by atoms with E-state index in [9.17, 15) is 4.79 Å². The van der Waals surface area contributed by atoms with Crippen molar-refractivity contribution in [2.45, 2.75) is 40.8 Å². The van der Waals surface area contributed by atoms with E-state index in [4.69, 9.17) is 0 Å². The zero-order chi connectivity index (χ0) is 15.8.